The van der Waals surface area contributed by atoms with E-state index in [1.807, 2.05) is 6.07 Å². The lowest BCUT2D eigenvalue weighted by atomic mass is 9.83. The zero-order chi connectivity index (χ0) is 27.4. The lowest BCUT2D eigenvalue weighted by Crippen LogP contribution is -2.21. The van der Waals surface area contributed by atoms with E-state index in [-0.39, 0.29) is 22.8 Å². The number of esters is 1. The zero-order valence-corrected chi connectivity index (χ0v) is 21.5. The van der Waals surface area contributed by atoms with Gasteiger partial charge in [-0.2, -0.15) is 5.26 Å². The Balaban J connectivity index is 1.73. The van der Waals surface area contributed by atoms with E-state index in [0.29, 0.717) is 45.6 Å². The molecule has 0 bridgehead atoms. The molecule has 3 aromatic rings. The summed E-state index contributed by atoms with van der Waals surface area (Å²) in [5, 5.41) is 9.89. The molecule has 0 fully saturated rings. The van der Waals surface area contributed by atoms with Gasteiger partial charge in [-0.1, -0.05) is 18.2 Å². The molecule has 0 radical (unpaired) electrons. The molecule has 1 aliphatic heterocycles. The first-order valence-electron chi connectivity index (χ1n) is 11.3. The van der Waals surface area contributed by atoms with Crippen LogP contribution in [0, 0.1) is 11.3 Å². The molecule has 0 saturated carbocycles. The first-order chi connectivity index (χ1) is 18.4. The van der Waals surface area contributed by atoms with Gasteiger partial charge in [-0.25, -0.2) is 4.79 Å². The molecule has 0 aromatic heterocycles. The van der Waals surface area contributed by atoms with Crippen molar-refractivity contribution in [1.29, 1.82) is 5.26 Å². The minimum Gasteiger partial charge on any atom is -0.493 e. The molecule has 0 amide bonds. The zero-order valence-electron chi connectivity index (χ0n) is 21.5. The molecule has 10 heteroatoms. The number of nitriles is 1. The van der Waals surface area contributed by atoms with E-state index in [0.717, 1.165) is 0 Å². The maximum absolute atomic E-state index is 13.0. The number of carbonyl (C=O) groups is 1. The summed E-state index contributed by atoms with van der Waals surface area (Å²) in [6.07, 6.45) is 0. The van der Waals surface area contributed by atoms with Crippen LogP contribution in [0.3, 0.4) is 0 Å². The quantitative estimate of drug-likeness (QED) is 0.342. The van der Waals surface area contributed by atoms with Gasteiger partial charge in [0.15, 0.2) is 23.0 Å². The summed E-state index contributed by atoms with van der Waals surface area (Å²) < 4.78 is 38.4. The van der Waals surface area contributed by atoms with E-state index in [9.17, 15) is 10.1 Å². The predicted octanol–water partition coefficient (Wildman–Crippen LogP) is 4.17. The maximum atomic E-state index is 13.0. The Morgan fingerprint density at radius 3 is 2.08 bits per heavy atom. The number of para-hydroxylation sites is 1. The van der Waals surface area contributed by atoms with Crippen molar-refractivity contribution in [2.75, 3.05) is 35.5 Å². The van der Waals surface area contributed by atoms with Crippen molar-refractivity contribution in [1.82, 2.24) is 0 Å². The van der Waals surface area contributed by atoms with E-state index < -0.39 is 11.9 Å². The molecule has 1 unspecified atom stereocenters. The second-order valence-corrected chi connectivity index (χ2v) is 8.01. The number of fused-ring (bicyclic) bond motifs is 1. The third-order valence-electron chi connectivity index (χ3n) is 6.05. The van der Waals surface area contributed by atoms with Gasteiger partial charge in [0.05, 0.1) is 47.0 Å². The predicted molar refractivity (Wildman–Crippen MR) is 136 cm³/mol. The Labute approximate surface area is 219 Å². The average Bonchev–Trinajstić information content (AvgIpc) is 2.94. The first-order valence-corrected chi connectivity index (χ1v) is 11.3. The van der Waals surface area contributed by atoms with Gasteiger partial charge in [0, 0.05) is 17.2 Å². The Morgan fingerprint density at radius 1 is 0.842 bits per heavy atom. The highest BCUT2D eigenvalue weighted by atomic mass is 16.5. The van der Waals surface area contributed by atoms with Crippen LogP contribution in [0.5, 0.6) is 40.2 Å². The summed E-state index contributed by atoms with van der Waals surface area (Å²) in [6, 6.07) is 15.3. The molecule has 0 spiro atoms. The number of hydrogen-bond acceptors (Lipinski definition) is 10. The van der Waals surface area contributed by atoms with Gasteiger partial charge < -0.3 is 38.9 Å². The largest absolute Gasteiger partial charge is 0.493 e. The van der Waals surface area contributed by atoms with E-state index in [2.05, 4.69) is 6.07 Å². The lowest BCUT2D eigenvalue weighted by molar-refractivity contribution is 0.0733. The summed E-state index contributed by atoms with van der Waals surface area (Å²) in [5.41, 5.74) is 7.84. The molecule has 4 rings (SSSR count). The molecule has 38 heavy (non-hydrogen) atoms. The maximum Gasteiger partial charge on any atom is 0.343 e. The van der Waals surface area contributed by atoms with Gasteiger partial charge in [0.2, 0.25) is 11.6 Å². The molecule has 0 aliphatic carbocycles. The van der Waals surface area contributed by atoms with Crippen molar-refractivity contribution < 1.29 is 38.0 Å². The van der Waals surface area contributed by atoms with Crippen LogP contribution in [-0.2, 0) is 0 Å². The van der Waals surface area contributed by atoms with Crippen LogP contribution in [0.25, 0.3) is 0 Å². The summed E-state index contributed by atoms with van der Waals surface area (Å²) in [5.74, 6) is 1.14. The minimum absolute atomic E-state index is 0.0667. The number of allylic oxidation sites excluding steroid dienone is 1. The highest BCUT2D eigenvalue weighted by Gasteiger charge is 2.34. The normalized spacial score (nSPS) is 13.9. The van der Waals surface area contributed by atoms with Crippen molar-refractivity contribution in [3.8, 4) is 46.3 Å². The number of hydrogen-bond donors (Lipinski definition) is 1. The minimum atomic E-state index is -0.660. The number of methoxy groups -OCH3 is 5. The lowest BCUT2D eigenvalue weighted by Gasteiger charge is -2.28. The third kappa shape index (κ3) is 4.57. The molecular formula is C28H26N2O8. The number of rotatable bonds is 8. The second kappa shape index (κ2) is 10.9. The summed E-state index contributed by atoms with van der Waals surface area (Å²) in [7, 11) is 7.43. The fourth-order valence-corrected chi connectivity index (χ4v) is 4.32. The average molecular weight is 519 g/mol. The van der Waals surface area contributed by atoms with Crippen molar-refractivity contribution in [2.45, 2.75) is 5.92 Å². The fourth-order valence-electron chi connectivity index (χ4n) is 4.32. The van der Waals surface area contributed by atoms with E-state index in [1.165, 1.54) is 53.7 Å². The third-order valence-corrected chi connectivity index (χ3v) is 6.05. The number of benzene rings is 3. The van der Waals surface area contributed by atoms with E-state index in [1.54, 1.807) is 24.3 Å². The van der Waals surface area contributed by atoms with Gasteiger partial charge in [-0.05, 0) is 24.3 Å². The van der Waals surface area contributed by atoms with Crippen LogP contribution in [0.4, 0.5) is 0 Å². The number of nitrogens with zero attached hydrogens (tertiary/aromatic N) is 1. The molecule has 1 aliphatic rings. The molecule has 0 saturated heterocycles. The molecule has 196 valence electrons. The van der Waals surface area contributed by atoms with Gasteiger partial charge >= 0.3 is 5.97 Å². The van der Waals surface area contributed by atoms with E-state index in [4.69, 9.17) is 38.9 Å². The number of carbonyl (C=O) groups excluding carboxylic acids is 1. The standard InChI is InChI=1S/C28H26N2O8/c1-32-20-8-6-7-18(25(20)35-4)24-17-10-9-16(13-21(17)38-27(30)19(24)14-29)37-28(31)15-11-22(33-2)26(36-5)23(12-15)34-3/h6-13,24H,30H2,1-5H3. The van der Waals surface area contributed by atoms with Gasteiger partial charge in [-0.15, -0.1) is 0 Å². The smallest absolute Gasteiger partial charge is 0.343 e. The fraction of sp³-hybridized carbons (Fsp3) is 0.214. The van der Waals surface area contributed by atoms with Crippen LogP contribution in [-0.4, -0.2) is 41.5 Å². The van der Waals surface area contributed by atoms with Gasteiger partial charge in [-0.3, -0.25) is 0 Å². The highest BCUT2D eigenvalue weighted by molar-refractivity contribution is 5.92. The Bertz CT molecular complexity index is 1430. The molecule has 1 heterocycles. The van der Waals surface area contributed by atoms with Crippen molar-refractivity contribution in [3.63, 3.8) is 0 Å². The Kier molecular flexibility index (Phi) is 7.48. The van der Waals surface area contributed by atoms with Crippen LogP contribution < -0.4 is 38.9 Å². The van der Waals surface area contributed by atoms with Crippen LogP contribution in [0.1, 0.15) is 27.4 Å². The Morgan fingerprint density at radius 2 is 1.50 bits per heavy atom. The van der Waals surface area contributed by atoms with Crippen molar-refractivity contribution in [3.05, 3.63) is 76.7 Å². The van der Waals surface area contributed by atoms with Crippen molar-refractivity contribution in [2.24, 2.45) is 5.73 Å². The number of nitrogens with two attached hydrogens (primary N) is 1. The second-order valence-electron chi connectivity index (χ2n) is 8.01. The molecule has 2 N–H and O–H groups in total. The topological polar surface area (TPSA) is 131 Å². The van der Waals surface area contributed by atoms with Gasteiger partial charge in [0.25, 0.3) is 0 Å². The summed E-state index contributed by atoms with van der Waals surface area (Å²) >= 11 is 0. The van der Waals surface area contributed by atoms with Crippen LogP contribution in [0.15, 0.2) is 60.0 Å². The first kappa shape index (κ1) is 26.0. The summed E-state index contributed by atoms with van der Waals surface area (Å²) in [4.78, 5) is 13.0. The SMILES string of the molecule is COc1cc(C(=O)Oc2ccc3c(c2)OC(N)=C(C#N)C3c2cccc(OC)c2OC)cc(OC)c1OC. The molecule has 10 nitrogen and oxygen atoms in total. The molecule has 3 aromatic carbocycles. The molecular weight excluding hydrogens is 492 g/mol. The summed E-state index contributed by atoms with van der Waals surface area (Å²) in [6.45, 7) is 0. The highest BCUT2D eigenvalue weighted by Crippen LogP contribution is 2.48. The van der Waals surface area contributed by atoms with Gasteiger partial charge in [0.1, 0.15) is 23.1 Å². The van der Waals surface area contributed by atoms with E-state index >= 15 is 0 Å². The monoisotopic (exact) mass is 518 g/mol. The van der Waals surface area contributed by atoms with Crippen LogP contribution in [0.2, 0.25) is 0 Å². The number of ether oxygens (including phenoxy) is 7. The van der Waals surface area contributed by atoms with Crippen LogP contribution >= 0.6 is 0 Å². The Hall–Kier alpha value is -5.04. The van der Waals surface area contributed by atoms with Crippen molar-refractivity contribution >= 4 is 5.97 Å². The molecule has 1 atom stereocenters.